The molecular weight excluding hydrogens is 304 g/mol. The predicted octanol–water partition coefficient (Wildman–Crippen LogP) is 1.90. The maximum Gasteiger partial charge on any atom is 0.253 e. The maximum atomic E-state index is 12.7. The van der Waals surface area contributed by atoms with Crippen LogP contribution in [0.25, 0.3) is 11.0 Å². The number of benzene rings is 1. The van der Waals surface area contributed by atoms with E-state index < -0.39 is 0 Å². The molecule has 0 unspecified atom stereocenters. The molecular formula is C18H24N4O2. The van der Waals surface area contributed by atoms with Crippen LogP contribution in [0, 0.1) is 5.92 Å². The average molecular weight is 328 g/mol. The van der Waals surface area contributed by atoms with E-state index in [1.54, 1.807) is 25.3 Å². The number of piperidine rings is 1. The lowest BCUT2D eigenvalue weighted by Crippen LogP contribution is -2.39. The zero-order valence-electron chi connectivity index (χ0n) is 14.5. The summed E-state index contributed by atoms with van der Waals surface area (Å²) < 4.78 is 1.94. The summed E-state index contributed by atoms with van der Waals surface area (Å²) in [7, 11) is 5.51. The lowest BCUT2D eigenvalue weighted by atomic mass is 9.92. The van der Waals surface area contributed by atoms with Crippen molar-refractivity contribution in [3.05, 3.63) is 30.1 Å². The smallest absolute Gasteiger partial charge is 0.253 e. The van der Waals surface area contributed by atoms with E-state index in [0.29, 0.717) is 31.0 Å². The summed E-state index contributed by atoms with van der Waals surface area (Å²) in [5.74, 6) is 0.600. The Morgan fingerprint density at radius 2 is 1.96 bits per heavy atom. The van der Waals surface area contributed by atoms with E-state index in [1.165, 1.54) is 0 Å². The van der Waals surface area contributed by atoms with Crippen molar-refractivity contribution in [3.63, 3.8) is 0 Å². The van der Waals surface area contributed by atoms with Gasteiger partial charge in [0.05, 0.1) is 17.4 Å². The van der Waals surface area contributed by atoms with Gasteiger partial charge in [-0.1, -0.05) is 0 Å². The monoisotopic (exact) mass is 328 g/mol. The highest BCUT2D eigenvalue weighted by Crippen LogP contribution is 2.23. The van der Waals surface area contributed by atoms with Crippen LogP contribution in [0.4, 0.5) is 0 Å². The minimum Gasteiger partial charge on any atom is -0.349 e. The number of imidazole rings is 1. The Morgan fingerprint density at radius 3 is 2.62 bits per heavy atom. The molecule has 2 heterocycles. The highest BCUT2D eigenvalue weighted by molar-refractivity contribution is 5.97. The van der Waals surface area contributed by atoms with Crippen LogP contribution in [0.15, 0.2) is 24.5 Å². The molecule has 0 bridgehead atoms. The highest BCUT2D eigenvalue weighted by atomic mass is 16.2. The van der Waals surface area contributed by atoms with Crippen molar-refractivity contribution in [2.75, 3.05) is 27.2 Å². The van der Waals surface area contributed by atoms with Crippen molar-refractivity contribution in [2.24, 2.45) is 13.0 Å². The predicted molar refractivity (Wildman–Crippen MR) is 92.7 cm³/mol. The third-order valence-electron chi connectivity index (χ3n) is 4.84. The lowest BCUT2D eigenvalue weighted by Gasteiger charge is -2.32. The first-order valence-corrected chi connectivity index (χ1v) is 8.36. The van der Waals surface area contributed by atoms with Crippen LogP contribution in [0.2, 0.25) is 0 Å². The minimum atomic E-state index is 0.0555. The normalized spacial score (nSPS) is 15.7. The van der Waals surface area contributed by atoms with E-state index in [4.69, 9.17) is 0 Å². The molecule has 3 rings (SSSR count). The zero-order chi connectivity index (χ0) is 17.3. The first-order chi connectivity index (χ1) is 11.5. The van der Waals surface area contributed by atoms with E-state index >= 15 is 0 Å². The summed E-state index contributed by atoms with van der Waals surface area (Å²) in [5.41, 5.74) is 2.55. The molecule has 0 aliphatic carbocycles. The number of carbonyl (C=O) groups excluding carboxylic acids is 2. The van der Waals surface area contributed by atoms with Gasteiger partial charge in [0.25, 0.3) is 5.91 Å². The number of nitrogens with zero attached hydrogens (tertiary/aromatic N) is 4. The number of rotatable bonds is 3. The van der Waals surface area contributed by atoms with Crippen LogP contribution in [0.3, 0.4) is 0 Å². The van der Waals surface area contributed by atoms with Crippen molar-refractivity contribution in [3.8, 4) is 0 Å². The summed E-state index contributed by atoms with van der Waals surface area (Å²) in [6, 6.07) is 5.67. The molecule has 0 radical (unpaired) electrons. The van der Waals surface area contributed by atoms with Crippen LogP contribution in [-0.4, -0.2) is 58.4 Å². The quantitative estimate of drug-likeness (QED) is 0.865. The number of aromatic nitrogens is 2. The minimum absolute atomic E-state index is 0.0555. The second-order valence-electron chi connectivity index (χ2n) is 6.79. The van der Waals surface area contributed by atoms with Crippen LogP contribution in [-0.2, 0) is 11.8 Å². The molecule has 6 heteroatoms. The van der Waals surface area contributed by atoms with Gasteiger partial charge in [0, 0.05) is 46.2 Å². The Morgan fingerprint density at radius 1 is 1.25 bits per heavy atom. The molecule has 2 amide bonds. The third-order valence-corrected chi connectivity index (χ3v) is 4.84. The number of hydrogen-bond donors (Lipinski definition) is 0. The molecule has 6 nitrogen and oxygen atoms in total. The number of amides is 2. The highest BCUT2D eigenvalue weighted by Gasteiger charge is 2.25. The lowest BCUT2D eigenvalue weighted by molar-refractivity contribution is -0.129. The van der Waals surface area contributed by atoms with Crippen molar-refractivity contribution in [2.45, 2.75) is 19.3 Å². The van der Waals surface area contributed by atoms with Crippen molar-refractivity contribution < 1.29 is 9.59 Å². The summed E-state index contributed by atoms with van der Waals surface area (Å²) >= 11 is 0. The maximum absolute atomic E-state index is 12.7. The Hall–Kier alpha value is -2.37. The first kappa shape index (κ1) is 16.5. The van der Waals surface area contributed by atoms with Crippen molar-refractivity contribution in [1.29, 1.82) is 0 Å². The van der Waals surface area contributed by atoms with E-state index in [9.17, 15) is 9.59 Å². The summed E-state index contributed by atoms with van der Waals surface area (Å²) in [4.78, 5) is 32.4. The molecule has 1 aromatic carbocycles. The molecule has 1 aromatic heterocycles. The fraction of sp³-hybridized carbons (Fsp3) is 0.500. The zero-order valence-corrected chi connectivity index (χ0v) is 14.5. The summed E-state index contributed by atoms with van der Waals surface area (Å²) in [6.07, 6.45) is 4.11. The molecule has 1 aliphatic rings. The number of aryl methyl sites for hydroxylation is 1. The van der Waals surface area contributed by atoms with Gasteiger partial charge in [-0.15, -0.1) is 0 Å². The fourth-order valence-corrected chi connectivity index (χ4v) is 3.22. The topological polar surface area (TPSA) is 58.4 Å². The van der Waals surface area contributed by atoms with Gasteiger partial charge in [-0.05, 0) is 37.0 Å². The molecule has 128 valence electrons. The van der Waals surface area contributed by atoms with Crippen LogP contribution < -0.4 is 0 Å². The molecule has 24 heavy (non-hydrogen) atoms. The Kier molecular flexibility index (Phi) is 4.55. The van der Waals surface area contributed by atoms with E-state index in [1.807, 2.05) is 34.7 Å². The van der Waals surface area contributed by atoms with Crippen molar-refractivity contribution in [1.82, 2.24) is 19.4 Å². The van der Waals surface area contributed by atoms with Gasteiger partial charge >= 0.3 is 0 Å². The number of hydrogen-bond acceptors (Lipinski definition) is 3. The standard InChI is InChI=1S/C18H24N4O2/c1-20(2)17(23)10-13-6-8-22(9-7-13)18(24)14-4-5-16-15(11-14)19-12-21(16)3/h4-5,11-13H,6-10H2,1-3H3. The van der Waals surface area contributed by atoms with Gasteiger partial charge in [0.15, 0.2) is 0 Å². The van der Waals surface area contributed by atoms with Crippen LogP contribution in [0.5, 0.6) is 0 Å². The Bertz CT molecular complexity index is 757. The van der Waals surface area contributed by atoms with E-state index in [0.717, 1.165) is 23.9 Å². The fourth-order valence-electron chi connectivity index (χ4n) is 3.22. The Balaban J connectivity index is 1.63. The van der Waals surface area contributed by atoms with Gasteiger partial charge in [-0.25, -0.2) is 4.98 Å². The second kappa shape index (κ2) is 6.63. The summed E-state index contributed by atoms with van der Waals surface area (Å²) in [6.45, 7) is 1.43. The second-order valence-corrected chi connectivity index (χ2v) is 6.79. The molecule has 1 fully saturated rings. The summed E-state index contributed by atoms with van der Waals surface area (Å²) in [5, 5.41) is 0. The van der Waals surface area contributed by atoms with E-state index in [2.05, 4.69) is 4.98 Å². The van der Waals surface area contributed by atoms with Crippen LogP contribution >= 0.6 is 0 Å². The SMILES string of the molecule is CN(C)C(=O)CC1CCN(C(=O)c2ccc3c(c2)ncn3C)CC1. The van der Waals surface area contributed by atoms with Gasteiger partial charge in [0.1, 0.15) is 0 Å². The molecule has 2 aromatic rings. The van der Waals surface area contributed by atoms with E-state index in [-0.39, 0.29) is 11.8 Å². The van der Waals surface area contributed by atoms with Gasteiger partial charge in [0.2, 0.25) is 5.91 Å². The number of likely N-dealkylation sites (tertiary alicyclic amines) is 1. The average Bonchev–Trinajstić information content (AvgIpc) is 2.95. The molecule has 0 spiro atoms. The molecule has 0 atom stereocenters. The van der Waals surface area contributed by atoms with Gasteiger partial charge in [-0.3, -0.25) is 9.59 Å². The van der Waals surface area contributed by atoms with Crippen LogP contribution in [0.1, 0.15) is 29.6 Å². The number of fused-ring (bicyclic) bond motifs is 1. The first-order valence-electron chi connectivity index (χ1n) is 8.36. The molecule has 1 saturated heterocycles. The van der Waals surface area contributed by atoms with Gasteiger partial charge < -0.3 is 14.4 Å². The third kappa shape index (κ3) is 3.27. The largest absolute Gasteiger partial charge is 0.349 e. The Labute approximate surface area is 142 Å². The number of carbonyl (C=O) groups is 2. The van der Waals surface area contributed by atoms with Gasteiger partial charge in [-0.2, -0.15) is 0 Å². The van der Waals surface area contributed by atoms with Crippen molar-refractivity contribution >= 4 is 22.8 Å². The molecule has 1 aliphatic heterocycles. The molecule has 0 saturated carbocycles. The molecule has 0 N–H and O–H groups in total.